The highest BCUT2D eigenvalue weighted by Crippen LogP contribution is 2.28. The Morgan fingerprint density at radius 2 is 2.14 bits per heavy atom. The van der Waals surface area contributed by atoms with Crippen LogP contribution in [0.5, 0.6) is 0 Å². The number of rotatable bonds is 7. The largest absolute Gasteiger partial charge is 0.357 e. The molecular formula is C15H23N5O. The predicted octanol–water partition coefficient (Wildman–Crippen LogP) is 0.777. The lowest BCUT2D eigenvalue weighted by Gasteiger charge is -2.11. The summed E-state index contributed by atoms with van der Waals surface area (Å²) >= 11 is 0. The summed E-state index contributed by atoms with van der Waals surface area (Å²) in [4.78, 5) is 20.3. The fraction of sp³-hybridized carbons (Fsp3) is 0.533. The van der Waals surface area contributed by atoms with Crippen LogP contribution in [0.15, 0.2) is 29.5 Å². The van der Waals surface area contributed by atoms with Gasteiger partial charge in [-0.1, -0.05) is 0 Å². The van der Waals surface area contributed by atoms with Gasteiger partial charge in [-0.3, -0.25) is 14.8 Å². The van der Waals surface area contributed by atoms with Gasteiger partial charge in [-0.2, -0.15) is 0 Å². The molecular weight excluding hydrogens is 266 g/mol. The molecule has 0 bridgehead atoms. The number of hydrogen-bond acceptors (Lipinski definition) is 3. The van der Waals surface area contributed by atoms with Crippen molar-refractivity contribution in [1.29, 1.82) is 0 Å². The first kappa shape index (κ1) is 15.3. The molecule has 1 amide bonds. The van der Waals surface area contributed by atoms with Crippen molar-refractivity contribution in [2.24, 2.45) is 10.9 Å². The predicted molar refractivity (Wildman–Crippen MR) is 83.3 cm³/mol. The normalized spacial score (nSPS) is 14.6. The summed E-state index contributed by atoms with van der Waals surface area (Å²) in [6, 6.07) is 3.50. The van der Waals surface area contributed by atoms with Gasteiger partial charge in [0.25, 0.3) is 5.91 Å². The van der Waals surface area contributed by atoms with E-state index in [0.29, 0.717) is 18.7 Å². The van der Waals surface area contributed by atoms with Crippen molar-refractivity contribution in [3.63, 3.8) is 0 Å². The Kier molecular flexibility index (Phi) is 5.99. The number of carbonyl (C=O) groups is 1. The topological polar surface area (TPSA) is 78.4 Å². The van der Waals surface area contributed by atoms with Gasteiger partial charge in [-0.05, 0) is 37.8 Å². The number of nitrogens with zero attached hydrogens (tertiary/aromatic N) is 2. The maximum Gasteiger partial charge on any atom is 0.252 e. The molecule has 2 rings (SSSR count). The number of aliphatic imine (C=N–C) groups is 1. The minimum absolute atomic E-state index is 0.107. The van der Waals surface area contributed by atoms with Gasteiger partial charge in [0.05, 0.1) is 5.56 Å². The number of pyridine rings is 1. The maximum atomic E-state index is 11.8. The molecule has 0 aliphatic heterocycles. The summed E-state index contributed by atoms with van der Waals surface area (Å²) < 4.78 is 0. The summed E-state index contributed by atoms with van der Waals surface area (Å²) in [6.45, 7) is 4.94. The maximum absolute atomic E-state index is 11.8. The van der Waals surface area contributed by atoms with Gasteiger partial charge in [0.2, 0.25) is 0 Å². The molecule has 1 aliphatic carbocycles. The fourth-order valence-corrected chi connectivity index (χ4v) is 1.82. The molecule has 0 saturated heterocycles. The van der Waals surface area contributed by atoms with E-state index in [1.165, 1.54) is 12.8 Å². The molecule has 1 fully saturated rings. The van der Waals surface area contributed by atoms with Crippen LogP contribution in [0, 0.1) is 5.92 Å². The van der Waals surface area contributed by atoms with Crippen LogP contribution in [-0.2, 0) is 0 Å². The lowest BCUT2D eigenvalue weighted by atomic mass is 10.3. The second-order valence-electron chi connectivity index (χ2n) is 5.09. The average Bonchev–Trinajstić information content (AvgIpc) is 3.34. The molecule has 0 aromatic carbocycles. The van der Waals surface area contributed by atoms with Crippen molar-refractivity contribution in [1.82, 2.24) is 20.9 Å². The highest BCUT2D eigenvalue weighted by molar-refractivity contribution is 5.93. The lowest BCUT2D eigenvalue weighted by Crippen LogP contribution is -2.41. The molecule has 1 heterocycles. The smallest absolute Gasteiger partial charge is 0.252 e. The molecule has 0 spiro atoms. The molecule has 0 radical (unpaired) electrons. The highest BCUT2D eigenvalue weighted by Gasteiger charge is 2.20. The summed E-state index contributed by atoms with van der Waals surface area (Å²) in [5.41, 5.74) is 0.576. The number of aromatic nitrogens is 1. The van der Waals surface area contributed by atoms with Gasteiger partial charge < -0.3 is 16.0 Å². The molecule has 6 nitrogen and oxygen atoms in total. The van der Waals surface area contributed by atoms with Crippen molar-refractivity contribution in [2.75, 3.05) is 26.2 Å². The van der Waals surface area contributed by atoms with Crippen LogP contribution >= 0.6 is 0 Å². The van der Waals surface area contributed by atoms with E-state index < -0.39 is 0 Å². The van der Waals surface area contributed by atoms with Crippen LogP contribution < -0.4 is 16.0 Å². The number of guanidine groups is 1. The van der Waals surface area contributed by atoms with Gasteiger partial charge in [-0.25, -0.2) is 0 Å². The van der Waals surface area contributed by atoms with E-state index >= 15 is 0 Å². The second-order valence-corrected chi connectivity index (χ2v) is 5.09. The third-order valence-electron chi connectivity index (χ3n) is 3.18. The third kappa shape index (κ3) is 5.81. The van der Waals surface area contributed by atoms with Gasteiger partial charge in [0, 0.05) is 38.6 Å². The van der Waals surface area contributed by atoms with E-state index in [4.69, 9.17) is 0 Å². The molecule has 114 valence electrons. The number of amides is 1. The quantitative estimate of drug-likeness (QED) is 0.394. The first-order valence-electron chi connectivity index (χ1n) is 7.50. The van der Waals surface area contributed by atoms with Crippen molar-refractivity contribution in [2.45, 2.75) is 19.8 Å². The first-order chi connectivity index (χ1) is 10.3. The summed E-state index contributed by atoms with van der Waals surface area (Å²) in [5.74, 6) is 1.48. The van der Waals surface area contributed by atoms with Crippen LogP contribution in [0.25, 0.3) is 0 Å². The number of hydrogen-bond donors (Lipinski definition) is 3. The summed E-state index contributed by atoms with van der Waals surface area (Å²) in [5, 5.41) is 9.27. The highest BCUT2D eigenvalue weighted by atomic mass is 16.1. The molecule has 0 atom stereocenters. The minimum Gasteiger partial charge on any atom is -0.357 e. The zero-order valence-electron chi connectivity index (χ0n) is 12.4. The molecule has 1 aliphatic rings. The standard InChI is InChI=1S/C15H23N5O/c1-2-17-15(20-10-12-5-6-12)19-9-8-18-14(21)13-4-3-7-16-11-13/h3-4,7,11-12H,2,5-6,8-10H2,1H3,(H,18,21)(H2,17,19,20). The van der Waals surface area contributed by atoms with Crippen LogP contribution in [0.4, 0.5) is 0 Å². The number of nitrogens with one attached hydrogen (secondary N) is 3. The molecule has 3 N–H and O–H groups in total. The van der Waals surface area contributed by atoms with Crippen LogP contribution in [0.2, 0.25) is 0 Å². The fourth-order valence-electron chi connectivity index (χ4n) is 1.82. The molecule has 1 aromatic rings. The SMILES string of the molecule is CCNC(=NCC1CC1)NCCNC(=O)c1cccnc1. The van der Waals surface area contributed by atoms with E-state index in [1.54, 1.807) is 24.5 Å². The Hall–Kier alpha value is -2.11. The van der Waals surface area contributed by atoms with Gasteiger partial charge in [-0.15, -0.1) is 0 Å². The Bertz CT molecular complexity index is 470. The van der Waals surface area contributed by atoms with E-state index in [-0.39, 0.29) is 5.91 Å². The van der Waals surface area contributed by atoms with Crippen LogP contribution in [0.1, 0.15) is 30.1 Å². The molecule has 1 saturated carbocycles. The second kappa shape index (κ2) is 8.24. The lowest BCUT2D eigenvalue weighted by molar-refractivity contribution is 0.0954. The van der Waals surface area contributed by atoms with Gasteiger partial charge in [0.1, 0.15) is 0 Å². The first-order valence-corrected chi connectivity index (χ1v) is 7.50. The van der Waals surface area contributed by atoms with E-state index in [9.17, 15) is 4.79 Å². The van der Waals surface area contributed by atoms with Crippen molar-refractivity contribution >= 4 is 11.9 Å². The van der Waals surface area contributed by atoms with E-state index in [1.807, 2.05) is 6.92 Å². The van der Waals surface area contributed by atoms with Crippen LogP contribution in [-0.4, -0.2) is 43.0 Å². The van der Waals surface area contributed by atoms with Gasteiger partial charge >= 0.3 is 0 Å². The Balaban J connectivity index is 1.67. The minimum atomic E-state index is -0.107. The monoisotopic (exact) mass is 289 g/mol. The van der Waals surface area contributed by atoms with E-state index in [2.05, 4.69) is 25.9 Å². The Morgan fingerprint density at radius 1 is 1.33 bits per heavy atom. The summed E-state index contributed by atoms with van der Waals surface area (Å²) in [6.07, 6.45) is 5.80. The van der Waals surface area contributed by atoms with Crippen molar-refractivity contribution in [3.05, 3.63) is 30.1 Å². The van der Waals surface area contributed by atoms with Crippen LogP contribution in [0.3, 0.4) is 0 Å². The third-order valence-corrected chi connectivity index (χ3v) is 3.18. The molecule has 0 unspecified atom stereocenters. The number of carbonyl (C=O) groups excluding carboxylic acids is 1. The molecule has 6 heteroatoms. The van der Waals surface area contributed by atoms with Crippen molar-refractivity contribution in [3.8, 4) is 0 Å². The Morgan fingerprint density at radius 3 is 2.81 bits per heavy atom. The molecule has 1 aromatic heterocycles. The van der Waals surface area contributed by atoms with Gasteiger partial charge in [0.15, 0.2) is 5.96 Å². The van der Waals surface area contributed by atoms with Crippen molar-refractivity contribution < 1.29 is 4.79 Å². The van der Waals surface area contributed by atoms with E-state index in [0.717, 1.165) is 25.0 Å². The molecule has 21 heavy (non-hydrogen) atoms. The zero-order valence-corrected chi connectivity index (χ0v) is 12.4. The summed E-state index contributed by atoms with van der Waals surface area (Å²) in [7, 11) is 0. The zero-order chi connectivity index (χ0) is 14.9. The Labute approximate surface area is 125 Å². The average molecular weight is 289 g/mol.